The molecule has 1 saturated carbocycles. The van der Waals surface area contributed by atoms with Gasteiger partial charge in [-0.15, -0.1) is 0 Å². The Labute approximate surface area is 265 Å². The van der Waals surface area contributed by atoms with E-state index in [1.807, 2.05) is 4.57 Å². The standard InChI is InChI=1S/C33H48FN5O6/c1-22(36(5)32(43)45-33(2,3)4)29(40)35-28(23-10-8-7-9-11-23)31(42)38-16-14-37(15-17-38)30(41)27-21-24-20-25(34)12-13-26(24)39(27)18-19-44-6/h12-13,20-23,28H,7-11,14-19H2,1-6H3,(H,35,40)/t22-,28-/m0/s1. The average Bonchev–Trinajstić information content (AvgIpc) is 3.37. The van der Waals surface area contributed by atoms with Gasteiger partial charge in [-0.2, -0.15) is 0 Å². The lowest BCUT2D eigenvalue weighted by Gasteiger charge is -2.39. The number of amides is 4. The number of hydrogen-bond donors (Lipinski definition) is 1. The molecular formula is C33H48FN5O6. The topological polar surface area (TPSA) is 113 Å². The van der Waals surface area contributed by atoms with Gasteiger partial charge in [0.2, 0.25) is 11.8 Å². The summed E-state index contributed by atoms with van der Waals surface area (Å²) in [6.07, 6.45) is 4.12. The smallest absolute Gasteiger partial charge is 0.410 e. The zero-order valence-corrected chi connectivity index (χ0v) is 27.4. The third kappa shape index (κ3) is 8.33. The molecule has 2 fully saturated rings. The molecule has 4 rings (SSSR count). The second-order valence-corrected chi connectivity index (χ2v) is 13.1. The molecule has 2 atom stereocenters. The van der Waals surface area contributed by atoms with Gasteiger partial charge in [-0.1, -0.05) is 19.3 Å². The molecule has 1 aromatic heterocycles. The summed E-state index contributed by atoms with van der Waals surface area (Å²) < 4.78 is 26.5. The van der Waals surface area contributed by atoms with Gasteiger partial charge in [-0.05, 0) is 70.7 Å². The number of hydrogen-bond acceptors (Lipinski definition) is 6. The van der Waals surface area contributed by atoms with Crippen molar-refractivity contribution in [1.82, 2.24) is 24.6 Å². The van der Waals surface area contributed by atoms with E-state index in [1.165, 1.54) is 24.1 Å². The first kappa shape index (κ1) is 34.2. The lowest BCUT2D eigenvalue weighted by atomic mass is 9.83. The Morgan fingerprint density at radius 2 is 1.67 bits per heavy atom. The van der Waals surface area contributed by atoms with Crippen LogP contribution in [0.4, 0.5) is 9.18 Å². The summed E-state index contributed by atoms with van der Waals surface area (Å²) in [5.74, 6) is -1.15. The number of nitrogens with one attached hydrogen (secondary N) is 1. The van der Waals surface area contributed by atoms with E-state index in [2.05, 4.69) is 5.32 Å². The number of rotatable bonds is 9. The summed E-state index contributed by atoms with van der Waals surface area (Å²) in [5.41, 5.74) is 0.496. The molecule has 1 N–H and O–H groups in total. The van der Waals surface area contributed by atoms with Crippen LogP contribution in [0.2, 0.25) is 0 Å². The van der Waals surface area contributed by atoms with Gasteiger partial charge in [0.25, 0.3) is 5.91 Å². The van der Waals surface area contributed by atoms with E-state index in [-0.39, 0.29) is 23.5 Å². The highest BCUT2D eigenvalue weighted by atomic mass is 19.1. The molecule has 1 saturated heterocycles. The van der Waals surface area contributed by atoms with Crippen LogP contribution in [0.1, 0.15) is 70.3 Å². The molecule has 0 unspecified atom stereocenters. The van der Waals surface area contributed by atoms with Crippen LogP contribution < -0.4 is 5.32 Å². The van der Waals surface area contributed by atoms with Crippen LogP contribution in [0.5, 0.6) is 0 Å². The summed E-state index contributed by atoms with van der Waals surface area (Å²) >= 11 is 0. The van der Waals surface area contributed by atoms with Crippen molar-refractivity contribution in [3.63, 3.8) is 0 Å². The molecule has 1 aliphatic heterocycles. The Balaban J connectivity index is 1.44. The molecule has 248 valence electrons. The van der Waals surface area contributed by atoms with Crippen molar-refractivity contribution in [1.29, 1.82) is 0 Å². The number of aromatic nitrogens is 1. The maximum absolute atomic E-state index is 14.0. The van der Waals surface area contributed by atoms with Gasteiger partial charge in [-0.3, -0.25) is 19.3 Å². The van der Waals surface area contributed by atoms with E-state index < -0.39 is 29.7 Å². The molecule has 4 amide bonds. The highest BCUT2D eigenvalue weighted by Gasteiger charge is 2.38. The van der Waals surface area contributed by atoms with Gasteiger partial charge in [0.15, 0.2) is 0 Å². The Morgan fingerprint density at radius 1 is 1.02 bits per heavy atom. The van der Waals surface area contributed by atoms with Crippen LogP contribution in [0.25, 0.3) is 10.9 Å². The molecule has 1 aliphatic carbocycles. The van der Waals surface area contributed by atoms with Gasteiger partial charge in [0.1, 0.15) is 29.2 Å². The van der Waals surface area contributed by atoms with Gasteiger partial charge in [-0.25, -0.2) is 9.18 Å². The van der Waals surface area contributed by atoms with Gasteiger partial charge in [0, 0.05) is 57.8 Å². The van der Waals surface area contributed by atoms with Crippen molar-refractivity contribution in [3.8, 4) is 0 Å². The van der Waals surface area contributed by atoms with Crippen LogP contribution in [-0.2, 0) is 25.6 Å². The first-order chi connectivity index (χ1) is 21.3. The predicted molar refractivity (Wildman–Crippen MR) is 168 cm³/mol. The fourth-order valence-electron chi connectivity index (χ4n) is 6.12. The van der Waals surface area contributed by atoms with Crippen LogP contribution >= 0.6 is 0 Å². The maximum Gasteiger partial charge on any atom is 0.410 e. The van der Waals surface area contributed by atoms with Crippen LogP contribution in [0, 0.1) is 11.7 Å². The minimum Gasteiger partial charge on any atom is -0.444 e. The molecule has 2 heterocycles. The fraction of sp³-hybridized carbons (Fsp3) is 0.636. The van der Waals surface area contributed by atoms with E-state index >= 15 is 0 Å². The Kier molecular flexibility index (Phi) is 11.1. The van der Waals surface area contributed by atoms with Crippen molar-refractivity contribution < 1.29 is 33.0 Å². The van der Waals surface area contributed by atoms with E-state index in [9.17, 15) is 23.6 Å². The van der Waals surface area contributed by atoms with Gasteiger partial charge < -0.3 is 29.2 Å². The number of benzene rings is 1. The fourth-order valence-corrected chi connectivity index (χ4v) is 6.12. The van der Waals surface area contributed by atoms with Crippen molar-refractivity contribution >= 4 is 34.7 Å². The Bertz CT molecular complexity index is 1370. The number of methoxy groups -OCH3 is 1. The number of fused-ring (bicyclic) bond motifs is 1. The minimum atomic E-state index is -0.841. The van der Waals surface area contributed by atoms with Crippen molar-refractivity contribution in [2.45, 2.75) is 84.0 Å². The molecule has 45 heavy (non-hydrogen) atoms. The van der Waals surface area contributed by atoms with E-state index in [1.54, 1.807) is 56.7 Å². The van der Waals surface area contributed by atoms with Crippen molar-refractivity contribution in [2.75, 3.05) is 46.9 Å². The summed E-state index contributed by atoms with van der Waals surface area (Å²) in [7, 11) is 3.10. The molecule has 0 bridgehead atoms. The molecule has 2 aliphatic rings. The second kappa shape index (κ2) is 14.6. The van der Waals surface area contributed by atoms with Crippen LogP contribution in [-0.4, -0.2) is 108 Å². The zero-order valence-electron chi connectivity index (χ0n) is 27.4. The summed E-state index contributed by atoms with van der Waals surface area (Å²) in [6, 6.07) is 4.60. The second-order valence-electron chi connectivity index (χ2n) is 13.1. The summed E-state index contributed by atoms with van der Waals surface area (Å²) in [6.45, 7) is 9.03. The van der Waals surface area contributed by atoms with Crippen LogP contribution in [0.15, 0.2) is 24.3 Å². The van der Waals surface area contributed by atoms with E-state index in [0.29, 0.717) is 50.4 Å². The molecule has 0 radical (unpaired) electrons. The Hall–Kier alpha value is -3.67. The number of halogens is 1. The minimum absolute atomic E-state index is 0.00854. The molecule has 11 nitrogen and oxygen atoms in total. The first-order valence-electron chi connectivity index (χ1n) is 15.9. The quantitative estimate of drug-likeness (QED) is 0.448. The van der Waals surface area contributed by atoms with E-state index in [4.69, 9.17) is 9.47 Å². The molecule has 2 aromatic rings. The molecular weight excluding hydrogens is 581 g/mol. The third-order valence-corrected chi connectivity index (χ3v) is 8.81. The number of piperazine rings is 1. The molecule has 1 aromatic carbocycles. The lowest BCUT2D eigenvalue weighted by molar-refractivity contribution is -0.140. The van der Waals surface area contributed by atoms with E-state index in [0.717, 1.165) is 37.6 Å². The Morgan fingerprint density at radius 3 is 2.29 bits per heavy atom. The monoisotopic (exact) mass is 629 g/mol. The number of carbonyl (C=O) groups is 4. The van der Waals surface area contributed by atoms with Gasteiger partial charge in [0.05, 0.1) is 6.61 Å². The first-order valence-corrected chi connectivity index (χ1v) is 15.9. The largest absolute Gasteiger partial charge is 0.444 e. The maximum atomic E-state index is 14.0. The number of likely N-dealkylation sites (N-methyl/N-ethyl adjacent to an activating group) is 1. The summed E-state index contributed by atoms with van der Waals surface area (Å²) in [5, 5.41) is 3.62. The molecule has 0 spiro atoms. The van der Waals surface area contributed by atoms with Crippen molar-refractivity contribution in [2.24, 2.45) is 5.92 Å². The highest BCUT2D eigenvalue weighted by molar-refractivity contribution is 5.99. The van der Waals surface area contributed by atoms with Crippen LogP contribution in [0.3, 0.4) is 0 Å². The number of nitrogens with zero attached hydrogens (tertiary/aromatic N) is 4. The predicted octanol–water partition coefficient (Wildman–Crippen LogP) is 4.03. The molecule has 12 heteroatoms. The zero-order chi connectivity index (χ0) is 32.9. The normalized spacial score (nSPS) is 17.6. The lowest BCUT2D eigenvalue weighted by Crippen LogP contribution is -2.59. The van der Waals surface area contributed by atoms with Gasteiger partial charge >= 0.3 is 6.09 Å². The average molecular weight is 630 g/mol. The highest BCUT2D eigenvalue weighted by Crippen LogP contribution is 2.28. The SMILES string of the molecule is COCCn1c(C(=O)N2CCN(C(=O)[C@@H](NC(=O)[C@H](C)N(C)C(=O)OC(C)(C)C)C3CCCCC3)CC2)cc2cc(F)ccc21. The van der Waals surface area contributed by atoms with Crippen molar-refractivity contribution in [3.05, 3.63) is 35.8 Å². The number of ether oxygens (including phenoxy) is 2. The third-order valence-electron chi connectivity index (χ3n) is 8.81. The number of carbonyl (C=O) groups excluding carboxylic acids is 4. The summed E-state index contributed by atoms with van der Waals surface area (Å²) in [4.78, 5) is 58.3.